The van der Waals surface area contributed by atoms with E-state index in [1.807, 2.05) is 0 Å². The molecule has 10 aliphatic heterocycles. The molecule has 10 aliphatic rings. The van der Waals surface area contributed by atoms with E-state index in [-0.39, 0.29) is 6.71 Å². The number of hydrogen-bond acceptors (Lipinski definition) is 1. The van der Waals surface area contributed by atoms with E-state index in [1.54, 1.807) is 21.6 Å². The molecule has 11 heterocycles. The second kappa shape index (κ2) is 7.35. The van der Waals surface area contributed by atoms with Gasteiger partial charge in [-0.25, -0.2) is 0 Å². The zero-order valence-corrected chi connectivity index (χ0v) is 29.7. The van der Waals surface area contributed by atoms with Crippen LogP contribution in [0.3, 0.4) is 0 Å². The van der Waals surface area contributed by atoms with Crippen molar-refractivity contribution in [2.75, 3.05) is 0 Å². The summed E-state index contributed by atoms with van der Waals surface area (Å²) in [5, 5.41) is 4.82. The molecule has 2 bridgehead atoms. The van der Waals surface area contributed by atoms with Crippen molar-refractivity contribution in [1.29, 1.82) is 0 Å². The van der Waals surface area contributed by atoms with Crippen LogP contribution in [0.15, 0.2) is 127 Å². The van der Waals surface area contributed by atoms with Crippen molar-refractivity contribution in [2.24, 2.45) is 0 Å². The van der Waals surface area contributed by atoms with E-state index < -0.39 is 18.1 Å². The summed E-state index contributed by atoms with van der Waals surface area (Å²) in [5.74, 6) is 0. The third kappa shape index (κ3) is 2.27. The maximum atomic E-state index is 4.77. The second-order valence-corrected chi connectivity index (χ2v) is 27.9. The molecule has 17 rings (SSSR count). The van der Waals surface area contributed by atoms with Gasteiger partial charge in [-0.2, -0.15) is 0 Å². The molecule has 225 valence electrons. The van der Waals surface area contributed by atoms with Crippen LogP contribution >= 0.6 is 12.7 Å². The van der Waals surface area contributed by atoms with Crippen LogP contribution in [-0.4, -0.2) is 63.2 Å². The monoisotopic (exact) mass is 669 g/mol. The van der Waals surface area contributed by atoms with E-state index in [2.05, 4.69) is 153 Å². The Balaban J connectivity index is 1.07. The Hall–Kier alpha value is -3.48. The van der Waals surface area contributed by atoms with E-state index in [4.69, 9.17) is 4.86 Å². The standard InChI is InChI=1S/C38H24B9N2P2/c1-3-11-25(12-4-1)38(26-13-5-2-6-14-26)28-15-7-10-23-22-24-20-21-27-33-30(49-31-18-8-16-29(38)36(31)42(34(23)28)35(24)37(27)49)17-9-19-32(33)50(43-39-44(50)47(43)50)48-51-40-45(51)46(51)41-51/h1-21,48H,22H2/q-2. The van der Waals surface area contributed by atoms with Crippen molar-refractivity contribution in [2.45, 2.75) is 11.8 Å². The summed E-state index contributed by atoms with van der Waals surface area (Å²) in [4.78, 5) is 4.77. The Kier molecular flexibility index (Phi) is 3.79. The van der Waals surface area contributed by atoms with Crippen molar-refractivity contribution >= 4 is 115 Å². The molecule has 7 fully saturated rings. The van der Waals surface area contributed by atoms with Gasteiger partial charge in [0.25, 0.3) is 0 Å². The summed E-state index contributed by atoms with van der Waals surface area (Å²) < 4.78 is 2.75. The Morgan fingerprint density at radius 1 is 0.686 bits per heavy atom. The number of hydrogen-bond donors (Lipinski definition) is 1. The minimum absolute atomic E-state index is 0.230. The van der Waals surface area contributed by atoms with Gasteiger partial charge < -0.3 is 0 Å². The SMILES string of the molecule is [B]1B2B3[B-]P123NP12(c3cccc4c3c3ccc5c6c3n4-c3cccc4c3B6c3c(cccc3C4(c3ccccc3)c3ccccc3)C5)B3[B-]B1B32. The first-order valence-electron chi connectivity index (χ1n) is 19.0. The van der Waals surface area contributed by atoms with E-state index in [0.29, 0.717) is 0 Å². The van der Waals surface area contributed by atoms with Crippen LogP contribution in [0.2, 0.25) is 0 Å². The predicted molar refractivity (Wildman–Crippen MR) is 229 cm³/mol. The van der Waals surface area contributed by atoms with Gasteiger partial charge in [0.1, 0.15) is 0 Å². The number of nitrogens with one attached hydrogen (secondary N) is 1. The average Bonchev–Trinajstić information content (AvgIpc) is 4.13. The van der Waals surface area contributed by atoms with Gasteiger partial charge in [0, 0.05) is 0 Å². The molecule has 7 aromatic rings. The fourth-order valence-corrected chi connectivity index (χ4v) is 33.3. The molecule has 51 heavy (non-hydrogen) atoms. The fraction of sp³-hybridized carbons (Fsp3) is 0.0526. The molecule has 6 aromatic carbocycles. The Labute approximate surface area is 301 Å². The summed E-state index contributed by atoms with van der Waals surface area (Å²) >= 11 is 0. The molecule has 0 aliphatic carbocycles. The first-order chi connectivity index (χ1) is 25.2. The van der Waals surface area contributed by atoms with E-state index in [1.165, 1.54) is 61.0 Å². The third-order valence-electron chi connectivity index (χ3n) is 16.3. The first kappa shape index (κ1) is 26.3. The number of rotatable bonds is 5. The number of nitrogens with zero attached hydrogens (tertiary/aromatic N) is 1. The van der Waals surface area contributed by atoms with Gasteiger partial charge in [-0.05, 0) is 0 Å². The topological polar surface area (TPSA) is 17.0 Å². The predicted octanol–water partition coefficient (Wildman–Crippen LogP) is 3.57. The molecular formula is C38H24B9N2P2-2. The van der Waals surface area contributed by atoms with Crippen LogP contribution in [0.1, 0.15) is 33.4 Å². The fourth-order valence-electron chi connectivity index (χ4n) is 13.8. The van der Waals surface area contributed by atoms with Crippen molar-refractivity contribution in [1.82, 2.24) is 9.42 Å². The van der Waals surface area contributed by atoms with Crippen LogP contribution in [0.4, 0.5) is 0 Å². The molecule has 13 heteroatoms. The van der Waals surface area contributed by atoms with Crippen molar-refractivity contribution < 1.29 is 0 Å². The molecule has 0 atom stereocenters. The maximum absolute atomic E-state index is 4.77. The summed E-state index contributed by atoms with van der Waals surface area (Å²) in [6, 6.07) is 49.9. The summed E-state index contributed by atoms with van der Waals surface area (Å²) in [7, 11) is 2.73. The van der Waals surface area contributed by atoms with Gasteiger partial charge in [-0.3, -0.25) is 0 Å². The normalized spacial score (nSPS) is 24.9. The molecule has 1 aromatic heterocycles. The minimum atomic E-state index is -2.13. The zero-order valence-electron chi connectivity index (χ0n) is 27.9. The molecule has 0 amide bonds. The first-order valence-corrected chi connectivity index (χ1v) is 24.0. The molecule has 0 saturated carbocycles. The van der Waals surface area contributed by atoms with Crippen LogP contribution < -0.4 is 26.6 Å². The molecule has 1 spiro atoms. The number of benzene rings is 6. The van der Waals surface area contributed by atoms with Crippen LogP contribution in [0, 0.1) is 0 Å². The van der Waals surface area contributed by atoms with E-state index in [9.17, 15) is 0 Å². The second-order valence-electron chi connectivity index (χ2n) is 17.5. The summed E-state index contributed by atoms with van der Waals surface area (Å²) in [5.41, 5.74) is 17.1. The number of aromatic nitrogens is 1. The van der Waals surface area contributed by atoms with Crippen molar-refractivity contribution in [3.05, 3.63) is 161 Å². The van der Waals surface area contributed by atoms with Gasteiger partial charge >= 0.3 is 303 Å². The van der Waals surface area contributed by atoms with Crippen molar-refractivity contribution in [3.8, 4) is 5.69 Å². The Bertz CT molecular complexity index is 2900. The van der Waals surface area contributed by atoms with Gasteiger partial charge in [0.2, 0.25) is 0 Å². The van der Waals surface area contributed by atoms with Gasteiger partial charge in [0.05, 0.1) is 0 Å². The molecule has 2 nitrogen and oxygen atoms in total. The van der Waals surface area contributed by atoms with Gasteiger partial charge in [-0.15, -0.1) is 0 Å². The molecule has 0 unspecified atom stereocenters. The molecule has 5 radical (unpaired) electrons. The summed E-state index contributed by atoms with van der Waals surface area (Å²) in [6.45, 7) is 5.78. The number of fused-ring (bicyclic) bond motifs is 5. The van der Waals surface area contributed by atoms with E-state index >= 15 is 0 Å². The van der Waals surface area contributed by atoms with Crippen LogP contribution in [-0.2, 0) is 11.8 Å². The average molecular weight is 668 g/mol. The summed E-state index contributed by atoms with van der Waals surface area (Å²) in [6.07, 6.45) is 1.71. The quantitative estimate of drug-likeness (QED) is 0.220. The zero-order chi connectivity index (χ0) is 32.5. The third-order valence-corrected chi connectivity index (χ3v) is 30.7. The van der Waals surface area contributed by atoms with Gasteiger partial charge in [0.15, 0.2) is 0 Å². The van der Waals surface area contributed by atoms with Crippen LogP contribution in [0.5, 0.6) is 0 Å². The van der Waals surface area contributed by atoms with E-state index in [0.717, 1.165) is 37.5 Å². The Morgan fingerprint density at radius 2 is 1.37 bits per heavy atom. The molecule has 1 N–H and O–H groups in total. The van der Waals surface area contributed by atoms with Gasteiger partial charge in [-0.1, -0.05) is 0 Å². The van der Waals surface area contributed by atoms with Crippen molar-refractivity contribution in [3.63, 3.8) is 0 Å². The Morgan fingerprint density at radius 3 is 2.04 bits per heavy atom. The molecular weight excluding hydrogens is 644 g/mol. The molecule has 7 saturated heterocycles. The van der Waals surface area contributed by atoms with Crippen LogP contribution in [0.25, 0.3) is 27.5 Å².